The molecule has 7 heteroatoms. The first-order valence-electron chi connectivity index (χ1n) is 9.79. The van der Waals surface area contributed by atoms with Crippen LogP contribution in [-0.4, -0.2) is 55.1 Å². The fourth-order valence-electron chi connectivity index (χ4n) is 3.47. The van der Waals surface area contributed by atoms with Crippen LogP contribution in [0, 0.1) is 22.7 Å². The van der Waals surface area contributed by atoms with Gasteiger partial charge >= 0.3 is 0 Å². The lowest BCUT2D eigenvalue weighted by molar-refractivity contribution is -0.139. The van der Waals surface area contributed by atoms with Gasteiger partial charge in [-0.15, -0.1) is 0 Å². The van der Waals surface area contributed by atoms with E-state index in [4.69, 9.17) is 14.7 Å². The molecule has 0 spiro atoms. The summed E-state index contributed by atoms with van der Waals surface area (Å²) < 4.78 is 10.9. The van der Waals surface area contributed by atoms with E-state index in [9.17, 15) is 10.1 Å². The predicted molar refractivity (Wildman–Crippen MR) is 111 cm³/mol. The minimum absolute atomic E-state index is 0.0861. The van der Waals surface area contributed by atoms with Crippen LogP contribution in [-0.2, 0) is 4.79 Å². The maximum Gasteiger partial charge on any atom is 0.263 e. The Morgan fingerprint density at radius 1 is 0.967 bits per heavy atom. The van der Waals surface area contributed by atoms with Gasteiger partial charge in [0.25, 0.3) is 5.91 Å². The van der Waals surface area contributed by atoms with Crippen molar-refractivity contribution < 1.29 is 14.3 Å². The third-order valence-electron chi connectivity index (χ3n) is 5.19. The van der Waals surface area contributed by atoms with Gasteiger partial charge in [0.2, 0.25) is 0 Å². The van der Waals surface area contributed by atoms with Crippen molar-refractivity contribution in [2.75, 3.05) is 33.3 Å². The first-order valence-corrected chi connectivity index (χ1v) is 9.79. The smallest absolute Gasteiger partial charge is 0.263 e. The molecule has 1 aliphatic rings. The van der Waals surface area contributed by atoms with Crippen molar-refractivity contribution in [3.63, 3.8) is 0 Å². The van der Waals surface area contributed by atoms with Gasteiger partial charge in [-0.3, -0.25) is 9.69 Å². The Morgan fingerprint density at radius 3 is 2.10 bits per heavy atom. The Kier molecular flexibility index (Phi) is 6.90. The Labute approximate surface area is 176 Å². The van der Waals surface area contributed by atoms with Crippen molar-refractivity contribution in [3.05, 3.63) is 59.7 Å². The molecular weight excluding hydrogens is 380 g/mol. The molecule has 154 valence electrons. The molecule has 1 aliphatic heterocycles. The van der Waals surface area contributed by atoms with Gasteiger partial charge in [-0.1, -0.05) is 12.1 Å². The zero-order chi connectivity index (χ0) is 21.5. The molecule has 1 saturated heterocycles. The van der Waals surface area contributed by atoms with Gasteiger partial charge in [0, 0.05) is 26.2 Å². The van der Waals surface area contributed by atoms with Crippen LogP contribution in [0.4, 0.5) is 0 Å². The van der Waals surface area contributed by atoms with E-state index in [1.165, 1.54) is 0 Å². The normalized spacial score (nSPS) is 16.1. The first kappa shape index (κ1) is 21.2. The highest BCUT2D eigenvalue weighted by Gasteiger charge is 2.29. The second-order valence-electron chi connectivity index (χ2n) is 7.06. The zero-order valence-electron chi connectivity index (χ0n) is 17.1. The van der Waals surface area contributed by atoms with Gasteiger partial charge in [0.1, 0.15) is 17.5 Å². The summed E-state index contributed by atoms with van der Waals surface area (Å²) in [6.45, 7) is 4.02. The summed E-state index contributed by atoms with van der Waals surface area (Å²) in [5, 5.41) is 18.5. The minimum Gasteiger partial charge on any atom is -0.497 e. The molecule has 1 heterocycles. The standard InChI is InChI=1S/C23H24N4O3/c1-17(30-21-7-3-18(15-24)4-8-21)23(28)27-13-11-26(12-14-27)22(16-25)19-5-9-20(29-2)10-6-19/h3-10,17,22H,11-14H2,1-2H3. The van der Waals surface area contributed by atoms with Gasteiger partial charge in [0.05, 0.1) is 24.8 Å². The van der Waals surface area contributed by atoms with Crippen LogP contribution in [0.2, 0.25) is 0 Å². The highest BCUT2D eigenvalue weighted by molar-refractivity contribution is 5.81. The molecule has 2 atom stereocenters. The number of carbonyl (C=O) groups excluding carboxylic acids is 1. The number of benzene rings is 2. The Bertz CT molecular complexity index is 936. The maximum atomic E-state index is 12.8. The van der Waals surface area contributed by atoms with Crippen molar-refractivity contribution in [3.8, 4) is 23.6 Å². The van der Waals surface area contributed by atoms with E-state index in [1.54, 1.807) is 43.2 Å². The minimum atomic E-state index is -0.627. The first-order chi connectivity index (χ1) is 14.5. The summed E-state index contributed by atoms with van der Waals surface area (Å²) in [7, 11) is 1.61. The summed E-state index contributed by atoms with van der Waals surface area (Å²) in [5.74, 6) is 1.22. The molecule has 3 rings (SSSR count). The van der Waals surface area contributed by atoms with Crippen LogP contribution < -0.4 is 9.47 Å². The van der Waals surface area contributed by atoms with Crippen molar-refractivity contribution in [2.24, 2.45) is 0 Å². The van der Waals surface area contributed by atoms with Crippen LogP contribution in [0.15, 0.2) is 48.5 Å². The number of carbonyl (C=O) groups is 1. The highest BCUT2D eigenvalue weighted by Crippen LogP contribution is 2.24. The van der Waals surface area contributed by atoms with E-state index in [-0.39, 0.29) is 11.9 Å². The molecule has 0 radical (unpaired) electrons. The van der Waals surface area contributed by atoms with Gasteiger partial charge in [-0.05, 0) is 48.9 Å². The topological polar surface area (TPSA) is 89.6 Å². The molecule has 2 unspecified atom stereocenters. The van der Waals surface area contributed by atoms with E-state index >= 15 is 0 Å². The van der Waals surface area contributed by atoms with Crippen LogP contribution >= 0.6 is 0 Å². The third kappa shape index (κ3) is 4.89. The zero-order valence-corrected chi connectivity index (χ0v) is 17.1. The molecular formula is C23H24N4O3. The molecule has 0 aromatic heterocycles. The quantitative estimate of drug-likeness (QED) is 0.735. The van der Waals surface area contributed by atoms with Crippen LogP contribution in [0.25, 0.3) is 0 Å². The van der Waals surface area contributed by atoms with Crippen molar-refractivity contribution in [1.82, 2.24) is 9.80 Å². The molecule has 0 N–H and O–H groups in total. The maximum absolute atomic E-state index is 12.8. The monoisotopic (exact) mass is 404 g/mol. The molecule has 2 aromatic carbocycles. The average Bonchev–Trinajstić information content (AvgIpc) is 2.80. The number of ether oxygens (including phenoxy) is 2. The molecule has 2 aromatic rings. The molecule has 0 saturated carbocycles. The largest absolute Gasteiger partial charge is 0.497 e. The third-order valence-corrected chi connectivity index (χ3v) is 5.19. The van der Waals surface area contributed by atoms with E-state index in [2.05, 4.69) is 17.0 Å². The molecule has 30 heavy (non-hydrogen) atoms. The molecule has 1 fully saturated rings. The van der Waals surface area contributed by atoms with Gasteiger partial charge in [0.15, 0.2) is 6.10 Å². The average molecular weight is 404 g/mol. The summed E-state index contributed by atoms with van der Waals surface area (Å²) in [6, 6.07) is 18.3. The summed E-state index contributed by atoms with van der Waals surface area (Å²) >= 11 is 0. The van der Waals surface area contributed by atoms with Crippen molar-refractivity contribution in [2.45, 2.75) is 19.1 Å². The molecule has 0 bridgehead atoms. The lowest BCUT2D eigenvalue weighted by atomic mass is 10.1. The van der Waals surface area contributed by atoms with Crippen LogP contribution in [0.3, 0.4) is 0 Å². The Morgan fingerprint density at radius 2 is 1.57 bits per heavy atom. The summed E-state index contributed by atoms with van der Waals surface area (Å²) in [4.78, 5) is 16.6. The lowest BCUT2D eigenvalue weighted by Gasteiger charge is -2.37. The highest BCUT2D eigenvalue weighted by atomic mass is 16.5. The number of nitrogens with zero attached hydrogens (tertiary/aromatic N) is 4. The van der Waals surface area contributed by atoms with E-state index in [0.29, 0.717) is 37.5 Å². The molecule has 7 nitrogen and oxygen atoms in total. The molecule has 0 aliphatic carbocycles. The van der Waals surface area contributed by atoms with Crippen molar-refractivity contribution in [1.29, 1.82) is 10.5 Å². The summed E-state index contributed by atoms with van der Waals surface area (Å²) in [5.41, 5.74) is 1.46. The number of hydrogen-bond acceptors (Lipinski definition) is 6. The fraction of sp³-hybridized carbons (Fsp3) is 0.348. The number of methoxy groups -OCH3 is 1. The summed E-state index contributed by atoms with van der Waals surface area (Å²) in [6.07, 6.45) is -0.627. The second-order valence-corrected chi connectivity index (χ2v) is 7.06. The van der Waals surface area contributed by atoms with E-state index in [1.807, 2.05) is 24.3 Å². The number of piperazine rings is 1. The number of hydrogen-bond donors (Lipinski definition) is 0. The van der Waals surface area contributed by atoms with Crippen LogP contribution in [0.5, 0.6) is 11.5 Å². The van der Waals surface area contributed by atoms with Gasteiger partial charge in [-0.2, -0.15) is 10.5 Å². The Hall–Kier alpha value is -3.55. The SMILES string of the molecule is COc1ccc(C(C#N)N2CCN(C(=O)C(C)Oc3ccc(C#N)cc3)CC2)cc1. The van der Waals surface area contributed by atoms with E-state index in [0.717, 1.165) is 11.3 Å². The fourth-order valence-corrected chi connectivity index (χ4v) is 3.47. The number of rotatable bonds is 6. The van der Waals surface area contributed by atoms with E-state index < -0.39 is 6.10 Å². The number of nitriles is 2. The number of amides is 1. The lowest BCUT2D eigenvalue weighted by Crippen LogP contribution is -2.52. The van der Waals surface area contributed by atoms with Gasteiger partial charge < -0.3 is 14.4 Å². The predicted octanol–water partition coefficient (Wildman–Crippen LogP) is 2.74. The Balaban J connectivity index is 1.56. The van der Waals surface area contributed by atoms with Gasteiger partial charge in [-0.25, -0.2) is 0 Å². The molecule has 1 amide bonds. The van der Waals surface area contributed by atoms with Crippen molar-refractivity contribution >= 4 is 5.91 Å². The van der Waals surface area contributed by atoms with Crippen LogP contribution in [0.1, 0.15) is 24.1 Å². The second kappa shape index (κ2) is 9.78.